The van der Waals surface area contributed by atoms with Gasteiger partial charge in [-0.15, -0.1) is 11.3 Å². The van der Waals surface area contributed by atoms with Gasteiger partial charge in [-0.25, -0.2) is 14.6 Å². The molecule has 1 fully saturated rings. The van der Waals surface area contributed by atoms with Crippen LogP contribution in [0.1, 0.15) is 37.2 Å². The predicted molar refractivity (Wildman–Crippen MR) is 71.0 cm³/mol. The monoisotopic (exact) mass is 283 g/mol. The molecule has 0 bridgehead atoms. The van der Waals surface area contributed by atoms with Crippen LogP contribution in [0.4, 0.5) is 4.79 Å². The summed E-state index contributed by atoms with van der Waals surface area (Å²) in [6, 6.07) is -1.16. The topological polar surface area (TPSA) is 82.5 Å². The van der Waals surface area contributed by atoms with Gasteiger partial charge in [-0.3, -0.25) is 0 Å². The number of rotatable bonds is 4. The van der Waals surface area contributed by atoms with Gasteiger partial charge in [0.1, 0.15) is 11.0 Å². The Labute approximate surface area is 115 Å². The van der Waals surface area contributed by atoms with Crippen LogP contribution in [-0.4, -0.2) is 39.6 Å². The number of thiazole rings is 1. The average Bonchev–Trinajstić information content (AvgIpc) is 3.05. The lowest BCUT2D eigenvalue weighted by molar-refractivity contribution is -0.141. The molecule has 1 aromatic heterocycles. The number of carbonyl (C=O) groups is 2. The molecule has 0 radical (unpaired) electrons. The number of hydrogen-bond donors (Lipinski definition) is 2. The molecule has 6 nitrogen and oxygen atoms in total. The van der Waals surface area contributed by atoms with Crippen LogP contribution in [-0.2, 0) is 4.79 Å². The van der Waals surface area contributed by atoms with Crippen LogP contribution in [0.5, 0.6) is 0 Å². The molecule has 2 atom stereocenters. The van der Waals surface area contributed by atoms with Crippen LogP contribution < -0.4 is 5.32 Å². The summed E-state index contributed by atoms with van der Waals surface area (Å²) >= 11 is 1.49. The SMILES string of the molecule is CCC(NC(=O)N1CCC[C@H]1C(=O)O)c1nccs1. The maximum absolute atomic E-state index is 12.2. The number of urea groups is 1. The molecule has 0 spiro atoms. The first-order valence-corrected chi connectivity index (χ1v) is 7.20. The number of nitrogens with zero attached hydrogens (tertiary/aromatic N) is 2. The van der Waals surface area contributed by atoms with E-state index in [1.807, 2.05) is 12.3 Å². The number of nitrogens with one attached hydrogen (secondary N) is 1. The summed E-state index contributed by atoms with van der Waals surface area (Å²) in [6.45, 7) is 2.46. The highest BCUT2D eigenvalue weighted by Crippen LogP contribution is 2.22. The molecule has 1 aliphatic heterocycles. The molecule has 7 heteroatoms. The summed E-state index contributed by atoms with van der Waals surface area (Å²) in [6.07, 6.45) is 3.69. The predicted octanol–water partition coefficient (Wildman–Crippen LogP) is 1.85. The van der Waals surface area contributed by atoms with Gasteiger partial charge in [0, 0.05) is 18.1 Å². The number of likely N-dealkylation sites (tertiary alicyclic amines) is 1. The molecule has 2 rings (SSSR count). The first kappa shape index (κ1) is 13.8. The minimum atomic E-state index is -0.935. The van der Waals surface area contributed by atoms with Crippen molar-refractivity contribution < 1.29 is 14.7 Å². The Hall–Kier alpha value is -1.63. The zero-order valence-corrected chi connectivity index (χ0v) is 11.5. The summed E-state index contributed by atoms with van der Waals surface area (Å²) in [5.74, 6) is -0.935. The van der Waals surface area contributed by atoms with Crippen molar-refractivity contribution in [3.05, 3.63) is 16.6 Å². The Balaban J connectivity index is 2.02. The molecule has 0 aliphatic carbocycles. The lowest BCUT2D eigenvalue weighted by atomic mass is 10.2. The molecule has 104 valence electrons. The van der Waals surface area contributed by atoms with Crippen LogP contribution in [0.2, 0.25) is 0 Å². The number of carboxylic acid groups (broad SMARTS) is 1. The zero-order chi connectivity index (χ0) is 13.8. The lowest BCUT2D eigenvalue weighted by Crippen LogP contribution is -2.46. The third kappa shape index (κ3) is 3.04. The van der Waals surface area contributed by atoms with Crippen molar-refractivity contribution in [1.82, 2.24) is 15.2 Å². The van der Waals surface area contributed by atoms with Crippen molar-refractivity contribution in [3.63, 3.8) is 0 Å². The van der Waals surface area contributed by atoms with Crippen molar-refractivity contribution in [2.45, 2.75) is 38.3 Å². The Morgan fingerprint density at radius 3 is 3.05 bits per heavy atom. The van der Waals surface area contributed by atoms with E-state index in [1.165, 1.54) is 16.2 Å². The summed E-state index contributed by atoms with van der Waals surface area (Å²) in [7, 11) is 0. The Kier molecular flexibility index (Phi) is 4.36. The van der Waals surface area contributed by atoms with Gasteiger partial charge in [0.2, 0.25) is 0 Å². The van der Waals surface area contributed by atoms with E-state index in [9.17, 15) is 9.59 Å². The maximum Gasteiger partial charge on any atom is 0.326 e. The molecular formula is C12H17N3O3S. The number of hydrogen-bond acceptors (Lipinski definition) is 4. The largest absolute Gasteiger partial charge is 0.480 e. The second-order valence-electron chi connectivity index (χ2n) is 4.47. The number of amides is 2. The van der Waals surface area contributed by atoms with Crippen LogP contribution in [0, 0.1) is 0 Å². The van der Waals surface area contributed by atoms with Crippen molar-refractivity contribution >= 4 is 23.3 Å². The second kappa shape index (κ2) is 6.01. The molecule has 1 aliphatic rings. The molecule has 19 heavy (non-hydrogen) atoms. The fraction of sp³-hybridized carbons (Fsp3) is 0.583. The first-order chi connectivity index (χ1) is 9.13. The van der Waals surface area contributed by atoms with Crippen LogP contribution >= 0.6 is 11.3 Å². The average molecular weight is 283 g/mol. The molecule has 0 saturated carbocycles. The van der Waals surface area contributed by atoms with Gasteiger partial charge in [-0.1, -0.05) is 6.92 Å². The number of aliphatic carboxylic acids is 1. The molecule has 1 unspecified atom stereocenters. The van der Waals surface area contributed by atoms with Crippen LogP contribution in [0.3, 0.4) is 0 Å². The van der Waals surface area contributed by atoms with E-state index in [0.717, 1.165) is 17.8 Å². The number of carboxylic acids is 1. The quantitative estimate of drug-likeness (QED) is 0.883. The fourth-order valence-electron chi connectivity index (χ4n) is 2.24. The van der Waals surface area contributed by atoms with Crippen LogP contribution in [0.25, 0.3) is 0 Å². The maximum atomic E-state index is 12.2. The van der Waals surface area contributed by atoms with Gasteiger partial charge >= 0.3 is 12.0 Å². The van der Waals surface area contributed by atoms with E-state index in [2.05, 4.69) is 10.3 Å². The summed E-state index contributed by atoms with van der Waals surface area (Å²) in [5, 5.41) is 14.7. The normalized spacial score (nSPS) is 20.3. The second-order valence-corrected chi connectivity index (χ2v) is 5.40. The van der Waals surface area contributed by atoms with E-state index in [1.54, 1.807) is 6.20 Å². The van der Waals surface area contributed by atoms with Gasteiger partial charge in [0.25, 0.3) is 0 Å². The summed E-state index contributed by atoms with van der Waals surface area (Å²) in [5.41, 5.74) is 0. The van der Waals surface area contributed by atoms with Gasteiger partial charge in [-0.2, -0.15) is 0 Å². The third-order valence-corrected chi connectivity index (χ3v) is 4.14. The highest BCUT2D eigenvalue weighted by molar-refractivity contribution is 7.09. The van der Waals surface area contributed by atoms with Gasteiger partial charge in [0.05, 0.1) is 6.04 Å². The zero-order valence-electron chi connectivity index (χ0n) is 10.7. The van der Waals surface area contributed by atoms with Gasteiger partial charge < -0.3 is 15.3 Å². The van der Waals surface area contributed by atoms with E-state index in [4.69, 9.17) is 5.11 Å². The first-order valence-electron chi connectivity index (χ1n) is 6.32. The van der Waals surface area contributed by atoms with Crippen molar-refractivity contribution in [2.75, 3.05) is 6.54 Å². The molecule has 1 saturated heterocycles. The fourth-order valence-corrected chi connectivity index (χ4v) is 3.02. The highest BCUT2D eigenvalue weighted by Gasteiger charge is 2.34. The van der Waals surface area contributed by atoms with Crippen molar-refractivity contribution in [3.8, 4) is 0 Å². The Morgan fingerprint density at radius 2 is 2.47 bits per heavy atom. The Bertz CT molecular complexity index is 449. The highest BCUT2D eigenvalue weighted by atomic mass is 32.1. The molecule has 0 aromatic carbocycles. The number of carbonyl (C=O) groups excluding carboxylic acids is 1. The minimum absolute atomic E-state index is 0.150. The smallest absolute Gasteiger partial charge is 0.326 e. The summed E-state index contributed by atoms with van der Waals surface area (Å²) < 4.78 is 0. The Morgan fingerprint density at radius 1 is 1.68 bits per heavy atom. The van der Waals surface area contributed by atoms with Crippen molar-refractivity contribution in [1.29, 1.82) is 0 Å². The van der Waals surface area contributed by atoms with Crippen LogP contribution in [0.15, 0.2) is 11.6 Å². The third-order valence-electron chi connectivity index (χ3n) is 3.25. The van der Waals surface area contributed by atoms with Gasteiger partial charge in [-0.05, 0) is 19.3 Å². The van der Waals surface area contributed by atoms with E-state index in [-0.39, 0.29) is 12.1 Å². The van der Waals surface area contributed by atoms with E-state index >= 15 is 0 Å². The van der Waals surface area contributed by atoms with E-state index < -0.39 is 12.0 Å². The summed E-state index contributed by atoms with van der Waals surface area (Å²) in [4.78, 5) is 28.8. The van der Waals surface area contributed by atoms with Crippen molar-refractivity contribution in [2.24, 2.45) is 0 Å². The molecule has 2 heterocycles. The van der Waals surface area contributed by atoms with Gasteiger partial charge in [0.15, 0.2) is 0 Å². The molecule has 1 aromatic rings. The molecular weight excluding hydrogens is 266 g/mol. The molecule has 2 N–H and O–H groups in total. The standard InChI is InChI=1S/C12H17N3O3S/c1-2-8(10-13-5-7-19-10)14-12(18)15-6-3-4-9(15)11(16)17/h5,7-9H,2-4,6H2,1H3,(H,14,18)(H,16,17)/t8?,9-/m0/s1. The number of aromatic nitrogens is 1. The molecule has 2 amide bonds. The minimum Gasteiger partial charge on any atom is -0.480 e. The van der Waals surface area contributed by atoms with E-state index in [0.29, 0.717) is 13.0 Å². The lowest BCUT2D eigenvalue weighted by Gasteiger charge is -2.24.